The van der Waals surface area contributed by atoms with E-state index in [1.807, 2.05) is 36.1 Å². The Kier molecular flexibility index (Phi) is 7.84. The third-order valence-electron chi connectivity index (χ3n) is 6.45. The highest BCUT2D eigenvalue weighted by molar-refractivity contribution is 7.89. The summed E-state index contributed by atoms with van der Waals surface area (Å²) in [6.07, 6.45) is 2.06. The third kappa shape index (κ3) is 5.76. The lowest BCUT2D eigenvalue weighted by Crippen LogP contribution is -2.52. The summed E-state index contributed by atoms with van der Waals surface area (Å²) in [6, 6.07) is 7.48. The average molecular weight is 492 g/mol. The molecular weight excluding hydrogens is 458 g/mol. The number of carbonyl (C=O) groups excluding carboxylic acids is 1. The molecule has 0 N–H and O–H groups in total. The molecule has 1 aromatic heterocycles. The Morgan fingerprint density at radius 2 is 1.88 bits per heavy atom. The number of aromatic nitrogens is 2. The Labute approximate surface area is 200 Å². The minimum atomic E-state index is -3.27. The monoisotopic (exact) mass is 491 g/mol. The maximum Gasteiger partial charge on any atom is 0.241 e. The van der Waals surface area contributed by atoms with Crippen molar-refractivity contribution in [3.05, 3.63) is 30.2 Å². The number of nitrogens with zero attached hydrogens (tertiary/aromatic N) is 5. The lowest BCUT2D eigenvalue weighted by molar-refractivity contribution is -0.138. The van der Waals surface area contributed by atoms with Crippen molar-refractivity contribution in [1.29, 1.82) is 0 Å². The van der Waals surface area contributed by atoms with Gasteiger partial charge in [0.15, 0.2) is 0 Å². The maximum atomic E-state index is 13.1. The fourth-order valence-electron chi connectivity index (χ4n) is 4.54. The number of rotatable bonds is 8. The molecule has 2 aliphatic heterocycles. The highest BCUT2D eigenvalue weighted by atomic mass is 32.2. The molecule has 10 nitrogen and oxygen atoms in total. The van der Waals surface area contributed by atoms with Crippen LogP contribution in [0.25, 0.3) is 11.4 Å². The van der Waals surface area contributed by atoms with Crippen molar-refractivity contribution in [1.82, 2.24) is 24.2 Å². The van der Waals surface area contributed by atoms with Gasteiger partial charge in [0.25, 0.3) is 0 Å². The Morgan fingerprint density at radius 1 is 1.15 bits per heavy atom. The number of benzene rings is 1. The van der Waals surface area contributed by atoms with Crippen LogP contribution >= 0.6 is 0 Å². The molecule has 2 saturated heterocycles. The lowest BCUT2D eigenvalue weighted by atomic mass is 9.98. The fraction of sp³-hybridized carbons (Fsp3) is 0.609. The molecule has 2 fully saturated rings. The standard InChI is InChI=1S/C23H33N5O5S/c1-3-15-34(30,31)28-10-4-5-19(16-28)23(29)27-13-11-26(12-14-27)17-21-24-22(25-33-21)18-6-8-20(32-2)9-7-18/h6-9,19H,3-5,10-17H2,1-2H3. The van der Waals surface area contributed by atoms with Crippen molar-refractivity contribution in [2.45, 2.75) is 32.7 Å². The molecule has 0 spiro atoms. The second-order valence-corrected chi connectivity index (χ2v) is 10.9. The van der Waals surface area contributed by atoms with Crippen LogP contribution in [0.5, 0.6) is 5.75 Å². The van der Waals surface area contributed by atoms with Gasteiger partial charge in [0.05, 0.1) is 25.3 Å². The van der Waals surface area contributed by atoms with Gasteiger partial charge < -0.3 is 14.2 Å². The van der Waals surface area contributed by atoms with Gasteiger partial charge in [-0.2, -0.15) is 4.98 Å². The van der Waals surface area contributed by atoms with E-state index in [1.165, 1.54) is 4.31 Å². The number of piperazine rings is 1. The van der Waals surface area contributed by atoms with Gasteiger partial charge in [0.1, 0.15) is 5.75 Å². The Hall–Kier alpha value is -2.50. The molecule has 34 heavy (non-hydrogen) atoms. The summed E-state index contributed by atoms with van der Waals surface area (Å²) in [5, 5.41) is 4.08. The molecule has 2 aromatic rings. The number of hydrogen-bond donors (Lipinski definition) is 0. The number of amides is 1. The number of hydrogen-bond acceptors (Lipinski definition) is 8. The zero-order chi connectivity index (χ0) is 24.1. The molecule has 11 heteroatoms. The topological polar surface area (TPSA) is 109 Å². The van der Waals surface area contributed by atoms with E-state index in [-0.39, 0.29) is 17.6 Å². The van der Waals surface area contributed by atoms with E-state index in [4.69, 9.17) is 9.26 Å². The lowest BCUT2D eigenvalue weighted by Gasteiger charge is -2.38. The van der Waals surface area contributed by atoms with Crippen molar-refractivity contribution in [3.8, 4) is 17.1 Å². The number of ether oxygens (including phenoxy) is 1. The highest BCUT2D eigenvalue weighted by Gasteiger charge is 2.35. The molecule has 3 heterocycles. The maximum absolute atomic E-state index is 13.1. The highest BCUT2D eigenvalue weighted by Crippen LogP contribution is 2.23. The second kappa shape index (κ2) is 10.8. The van der Waals surface area contributed by atoms with E-state index < -0.39 is 10.0 Å². The summed E-state index contributed by atoms with van der Waals surface area (Å²) < 4.78 is 37.0. The van der Waals surface area contributed by atoms with Crippen LogP contribution in [0.3, 0.4) is 0 Å². The molecule has 4 rings (SSSR count). The van der Waals surface area contributed by atoms with E-state index in [2.05, 4.69) is 15.0 Å². The first kappa shape index (κ1) is 24.6. The summed E-state index contributed by atoms with van der Waals surface area (Å²) in [4.78, 5) is 21.6. The molecule has 0 radical (unpaired) electrons. The molecule has 0 saturated carbocycles. The van der Waals surface area contributed by atoms with E-state index in [0.29, 0.717) is 63.9 Å². The first-order valence-electron chi connectivity index (χ1n) is 11.9. The first-order chi connectivity index (χ1) is 16.4. The Balaban J connectivity index is 1.28. The normalized spacial score (nSPS) is 20.4. The van der Waals surface area contributed by atoms with Crippen molar-refractivity contribution in [3.63, 3.8) is 0 Å². The predicted molar refractivity (Wildman–Crippen MR) is 127 cm³/mol. The predicted octanol–water partition coefficient (Wildman–Crippen LogP) is 1.84. The summed E-state index contributed by atoms with van der Waals surface area (Å²) in [5.74, 6) is 1.79. The number of sulfonamides is 1. The zero-order valence-corrected chi connectivity index (χ0v) is 20.7. The van der Waals surface area contributed by atoms with E-state index in [0.717, 1.165) is 24.2 Å². The van der Waals surface area contributed by atoms with Crippen LogP contribution < -0.4 is 4.74 Å². The van der Waals surface area contributed by atoms with Gasteiger partial charge in [-0.1, -0.05) is 12.1 Å². The van der Waals surface area contributed by atoms with Crippen LogP contribution in [0.15, 0.2) is 28.8 Å². The fourth-order valence-corrected chi connectivity index (χ4v) is 6.12. The smallest absolute Gasteiger partial charge is 0.241 e. The SMILES string of the molecule is CCCS(=O)(=O)N1CCCC(C(=O)N2CCN(Cc3nc(-c4ccc(OC)cc4)no3)CC2)C1. The van der Waals surface area contributed by atoms with Crippen molar-refractivity contribution < 1.29 is 22.5 Å². The van der Waals surface area contributed by atoms with E-state index in [9.17, 15) is 13.2 Å². The molecule has 1 unspecified atom stereocenters. The third-order valence-corrected chi connectivity index (χ3v) is 8.49. The molecule has 186 valence electrons. The minimum absolute atomic E-state index is 0.0654. The van der Waals surface area contributed by atoms with Crippen molar-refractivity contribution >= 4 is 15.9 Å². The van der Waals surface area contributed by atoms with E-state index in [1.54, 1.807) is 7.11 Å². The number of methoxy groups -OCH3 is 1. The van der Waals surface area contributed by atoms with Crippen LogP contribution in [0.2, 0.25) is 0 Å². The van der Waals surface area contributed by atoms with Crippen LogP contribution in [0, 0.1) is 5.92 Å². The van der Waals surface area contributed by atoms with Crippen LogP contribution in [0.1, 0.15) is 32.1 Å². The zero-order valence-electron chi connectivity index (χ0n) is 19.9. The molecular formula is C23H33N5O5S. The number of piperidine rings is 1. The van der Waals surface area contributed by atoms with Gasteiger partial charge in [-0.25, -0.2) is 12.7 Å². The summed E-state index contributed by atoms with van der Waals surface area (Å²) >= 11 is 0. The average Bonchev–Trinajstić information content (AvgIpc) is 3.32. The van der Waals surface area contributed by atoms with Crippen molar-refractivity contribution in [2.75, 3.05) is 52.1 Å². The second-order valence-electron chi connectivity index (χ2n) is 8.85. The van der Waals surface area contributed by atoms with Crippen LogP contribution in [-0.4, -0.2) is 90.7 Å². The van der Waals surface area contributed by atoms with Crippen LogP contribution in [0.4, 0.5) is 0 Å². The molecule has 1 amide bonds. The van der Waals surface area contributed by atoms with Crippen LogP contribution in [-0.2, 0) is 21.4 Å². The summed E-state index contributed by atoms with van der Waals surface area (Å²) in [7, 11) is -1.65. The molecule has 0 bridgehead atoms. The summed E-state index contributed by atoms with van der Waals surface area (Å²) in [6.45, 7) is 5.83. The Bertz CT molecular complexity index is 1060. The van der Waals surface area contributed by atoms with Gasteiger partial charge in [0, 0.05) is 44.8 Å². The van der Waals surface area contributed by atoms with E-state index >= 15 is 0 Å². The van der Waals surface area contributed by atoms with Gasteiger partial charge in [-0.05, 0) is 43.5 Å². The molecule has 1 atom stereocenters. The van der Waals surface area contributed by atoms with Gasteiger partial charge >= 0.3 is 0 Å². The largest absolute Gasteiger partial charge is 0.497 e. The molecule has 2 aliphatic rings. The first-order valence-corrected chi connectivity index (χ1v) is 13.5. The molecule has 0 aliphatic carbocycles. The minimum Gasteiger partial charge on any atom is -0.497 e. The Morgan fingerprint density at radius 3 is 2.56 bits per heavy atom. The van der Waals surface area contributed by atoms with Crippen molar-refractivity contribution in [2.24, 2.45) is 5.92 Å². The summed E-state index contributed by atoms with van der Waals surface area (Å²) in [5.41, 5.74) is 0.855. The van der Waals surface area contributed by atoms with Gasteiger partial charge in [-0.15, -0.1) is 0 Å². The van der Waals surface area contributed by atoms with Gasteiger partial charge in [0.2, 0.25) is 27.6 Å². The quantitative estimate of drug-likeness (QED) is 0.550. The molecule has 1 aromatic carbocycles. The number of carbonyl (C=O) groups is 1. The van der Waals surface area contributed by atoms with Gasteiger partial charge in [-0.3, -0.25) is 9.69 Å².